The largest absolute Gasteiger partial charge is 0.497 e. The van der Waals surface area contributed by atoms with Gasteiger partial charge in [-0.2, -0.15) is 0 Å². The molecule has 0 aliphatic rings. The molecule has 34 heavy (non-hydrogen) atoms. The van der Waals surface area contributed by atoms with Gasteiger partial charge in [0.25, 0.3) is 0 Å². The van der Waals surface area contributed by atoms with Crippen molar-refractivity contribution in [2.24, 2.45) is 0 Å². The summed E-state index contributed by atoms with van der Waals surface area (Å²) in [5.41, 5.74) is 6.45. The third-order valence-corrected chi connectivity index (χ3v) is 7.63. The molecule has 0 aliphatic carbocycles. The van der Waals surface area contributed by atoms with Crippen LogP contribution in [0.1, 0.15) is 0 Å². The summed E-state index contributed by atoms with van der Waals surface area (Å²) in [7, 11) is 1.71. The van der Waals surface area contributed by atoms with Gasteiger partial charge in [-0.3, -0.25) is 0 Å². The first-order valence-electron chi connectivity index (χ1n) is 11.3. The first-order valence-corrected chi connectivity index (χ1v) is 12.1. The standard InChI is InChI=1S/C30H20N2OS/c1-33-21-11-7-10-20(18-21)32-25-16-15-24(19-8-3-2-4-9-19)31-29(25)23-14-17-27-28(30(23)32)22-12-5-6-13-26(22)34-27/h2-18H,1H3. The summed E-state index contributed by atoms with van der Waals surface area (Å²) in [6, 6.07) is 36.1. The van der Waals surface area contributed by atoms with Crippen LogP contribution >= 0.6 is 11.3 Å². The maximum absolute atomic E-state index is 5.57. The van der Waals surface area contributed by atoms with Gasteiger partial charge in [-0.1, -0.05) is 54.6 Å². The van der Waals surface area contributed by atoms with Crippen LogP contribution in [0.3, 0.4) is 0 Å². The molecule has 7 aromatic rings. The van der Waals surface area contributed by atoms with Gasteiger partial charge >= 0.3 is 0 Å². The number of hydrogen-bond donors (Lipinski definition) is 0. The van der Waals surface area contributed by atoms with Crippen molar-refractivity contribution in [2.75, 3.05) is 7.11 Å². The number of aromatic nitrogens is 2. The van der Waals surface area contributed by atoms with Crippen LogP contribution in [0.4, 0.5) is 0 Å². The highest BCUT2D eigenvalue weighted by Crippen LogP contribution is 2.43. The van der Waals surface area contributed by atoms with E-state index in [9.17, 15) is 0 Å². The summed E-state index contributed by atoms with van der Waals surface area (Å²) < 4.78 is 10.5. The Kier molecular flexibility index (Phi) is 4.23. The van der Waals surface area contributed by atoms with Crippen LogP contribution < -0.4 is 4.74 Å². The molecule has 0 spiro atoms. The Hall–Kier alpha value is -4.15. The van der Waals surface area contributed by atoms with E-state index in [0.29, 0.717) is 0 Å². The van der Waals surface area contributed by atoms with Crippen molar-refractivity contribution in [3.63, 3.8) is 0 Å². The average Bonchev–Trinajstić information content (AvgIpc) is 3.44. The average molecular weight is 457 g/mol. The summed E-state index contributed by atoms with van der Waals surface area (Å²) in [6.45, 7) is 0. The number of nitrogens with zero attached hydrogens (tertiary/aromatic N) is 2. The lowest BCUT2D eigenvalue weighted by Crippen LogP contribution is -1.95. The highest BCUT2D eigenvalue weighted by atomic mass is 32.1. The number of rotatable bonds is 3. The van der Waals surface area contributed by atoms with Crippen molar-refractivity contribution in [1.82, 2.24) is 9.55 Å². The Balaban J connectivity index is 1.67. The lowest BCUT2D eigenvalue weighted by molar-refractivity contribution is 0.414. The zero-order valence-corrected chi connectivity index (χ0v) is 19.3. The highest BCUT2D eigenvalue weighted by Gasteiger charge is 2.19. The normalized spacial score (nSPS) is 11.7. The third kappa shape index (κ3) is 2.79. The smallest absolute Gasteiger partial charge is 0.120 e. The van der Waals surface area contributed by atoms with E-state index in [-0.39, 0.29) is 0 Å². The number of methoxy groups -OCH3 is 1. The lowest BCUT2D eigenvalue weighted by Gasteiger charge is -2.10. The van der Waals surface area contributed by atoms with Gasteiger partial charge < -0.3 is 9.30 Å². The summed E-state index contributed by atoms with van der Waals surface area (Å²) >= 11 is 1.84. The van der Waals surface area contributed by atoms with Crippen LogP contribution in [0.2, 0.25) is 0 Å². The molecule has 3 heterocycles. The molecule has 4 heteroatoms. The Morgan fingerprint density at radius 2 is 1.59 bits per heavy atom. The van der Waals surface area contributed by atoms with Crippen LogP contribution in [0.5, 0.6) is 5.75 Å². The Morgan fingerprint density at radius 3 is 2.47 bits per heavy atom. The number of thiophene rings is 1. The molecule has 0 fully saturated rings. The van der Waals surface area contributed by atoms with Crippen LogP contribution in [0.25, 0.3) is 59.1 Å². The van der Waals surface area contributed by atoms with Gasteiger partial charge in [0.2, 0.25) is 0 Å². The molecule has 0 aliphatic heterocycles. The molecule has 0 amide bonds. The van der Waals surface area contributed by atoms with Gasteiger partial charge in [0.05, 0.1) is 29.4 Å². The Bertz CT molecular complexity index is 1850. The molecule has 162 valence electrons. The van der Waals surface area contributed by atoms with E-state index in [0.717, 1.165) is 39.1 Å². The molecular weight excluding hydrogens is 436 g/mol. The fraction of sp³-hybridized carbons (Fsp3) is 0.0333. The summed E-state index contributed by atoms with van der Waals surface area (Å²) in [5.74, 6) is 0.837. The predicted molar refractivity (Wildman–Crippen MR) is 143 cm³/mol. The van der Waals surface area contributed by atoms with Crippen molar-refractivity contribution in [3.05, 3.63) is 103 Å². The molecule has 0 saturated carbocycles. The number of hydrogen-bond acceptors (Lipinski definition) is 3. The molecule has 7 rings (SSSR count). The van der Waals surface area contributed by atoms with Crippen molar-refractivity contribution in [2.45, 2.75) is 0 Å². The van der Waals surface area contributed by atoms with Crippen molar-refractivity contribution in [1.29, 1.82) is 0 Å². The predicted octanol–water partition coefficient (Wildman–Crippen LogP) is 8.22. The molecule has 3 aromatic heterocycles. The number of pyridine rings is 1. The lowest BCUT2D eigenvalue weighted by atomic mass is 10.1. The van der Waals surface area contributed by atoms with Crippen molar-refractivity contribution < 1.29 is 4.74 Å². The molecule has 0 saturated heterocycles. The maximum atomic E-state index is 5.57. The van der Waals surface area contributed by atoms with Gasteiger partial charge in [-0.05, 0) is 42.5 Å². The summed E-state index contributed by atoms with van der Waals surface area (Å²) in [5, 5.41) is 3.72. The third-order valence-electron chi connectivity index (χ3n) is 6.49. The molecule has 0 radical (unpaired) electrons. The van der Waals surface area contributed by atoms with Crippen LogP contribution in [-0.2, 0) is 0 Å². The van der Waals surface area contributed by atoms with E-state index in [2.05, 4.69) is 89.5 Å². The second kappa shape index (κ2) is 7.44. The second-order valence-electron chi connectivity index (χ2n) is 8.40. The fourth-order valence-corrected chi connectivity index (χ4v) is 6.07. The van der Waals surface area contributed by atoms with E-state index in [4.69, 9.17) is 9.72 Å². The van der Waals surface area contributed by atoms with E-state index in [1.165, 1.54) is 25.7 Å². The fourth-order valence-electron chi connectivity index (χ4n) is 4.96. The summed E-state index contributed by atoms with van der Waals surface area (Å²) in [4.78, 5) is 5.18. The van der Waals surface area contributed by atoms with E-state index < -0.39 is 0 Å². The zero-order chi connectivity index (χ0) is 22.6. The van der Waals surface area contributed by atoms with E-state index in [1.807, 2.05) is 29.5 Å². The maximum Gasteiger partial charge on any atom is 0.120 e. The first-order chi connectivity index (χ1) is 16.8. The first kappa shape index (κ1) is 19.3. The number of benzene rings is 4. The van der Waals surface area contributed by atoms with E-state index in [1.54, 1.807) is 7.11 Å². The van der Waals surface area contributed by atoms with Crippen molar-refractivity contribution >= 4 is 53.4 Å². The minimum absolute atomic E-state index is 0.837. The second-order valence-corrected chi connectivity index (χ2v) is 9.48. The van der Waals surface area contributed by atoms with Gasteiger partial charge in [0, 0.05) is 42.9 Å². The molecule has 0 atom stereocenters. The molecule has 0 unspecified atom stereocenters. The molecule has 4 aromatic carbocycles. The molecule has 0 N–H and O–H groups in total. The zero-order valence-electron chi connectivity index (χ0n) is 18.5. The van der Waals surface area contributed by atoms with Crippen LogP contribution in [0, 0.1) is 0 Å². The number of fused-ring (bicyclic) bond motifs is 7. The monoisotopic (exact) mass is 456 g/mol. The SMILES string of the molecule is COc1cccc(-n2c3ccc(-c4ccccc4)nc3c3ccc4sc5ccccc5c4c32)c1. The van der Waals surface area contributed by atoms with Crippen LogP contribution in [-0.4, -0.2) is 16.7 Å². The van der Waals surface area contributed by atoms with Gasteiger partial charge in [-0.15, -0.1) is 11.3 Å². The minimum Gasteiger partial charge on any atom is -0.497 e. The summed E-state index contributed by atoms with van der Waals surface area (Å²) in [6.07, 6.45) is 0. The quantitative estimate of drug-likeness (QED) is 0.268. The van der Waals surface area contributed by atoms with Crippen LogP contribution in [0.15, 0.2) is 103 Å². The molecular formula is C30H20N2OS. The molecule has 0 bridgehead atoms. The Labute approximate surface area is 200 Å². The Morgan fingerprint density at radius 1 is 0.735 bits per heavy atom. The van der Waals surface area contributed by atoms with Gasteiger partial charge in [0.1, 0.15) is 5.75 Å². The molecule has 3 nitrogen and oxygen atoms in total. The van der Waals surface area contributed by atoms with E-state index >= 15 is 0 Å². The minimum atomic E-state index is 0.837. The van der Waals surface area contributed by atoms with Gasteiger partial charge in [-0.25, -0.2) is 4.98 Å². The van der Waals surface area contributed by atoms with Gasteiger partial charge in [0.15, 0.2) is 0 Å². The van der Waals surface area contributed by atoms with Crippen molar-refractivity contribution in [3.8, 4) is 22.7 Å². The topological polar surface area (TPSA) is 27.1 Å². The highest BCUT2D eigenvalue weighted by molar-refractivity contribution is 7.26. The number of ether oxygens (including phenoxy) is 1.